The van der Waals surface area contributed by atoms with Crippen molar-refractivity contribution in [2.24, 2.45) is 5.92 Å². The van der Waals surface area contributed by atoms with E-state index in [4.69, 9.17) is 4.74 Å². The van der Waals surface area contributed by atoms with Crippen LogP contribution in [0.3, 0.4) is 0 Å². The molecular formula is C24H22N6O2S2. The van der Waals surface area contributed by atoms with E-state index in [0.717, 1.165) is 56.6 Å². The standard InChI is InChI=1S/C24H22N6O2S2/c1-32-24-19-8-16(11-26-24)20-9-18-21(33-20)22(28-13-27-18)30-6-5-14(12-30)10-25-23(31)15-3-2-4-17(7-15)34-29-19/h2-4,7-9,11,13-14,29H,5-6,10,12H2,1H3,(H,25,31)/t14-/m1/s1. The fourth-order valence-electron chi connectivity index (χ4n) is 4.38. The van der Waals surface area contributed by atoms with E-state index in [1.165, 1.54) is 11.9 Å². The summed E-state index contributed by atoms with van der Waals surface area (Å²) in [6.07, 6.45) is 4.46. The van der Waals surface area contributed by atoms with Crippen molar-refractivity contribution in [3.63, 3.8) is 0 Å². The van der Waals surface area contributed by atoms with E-state index in [1.54, 1.807) is 24.8 Å². The summed E-state index contributed by atoms with van der Waals surface area (Å²) in [5, 5.41) is 3.12. The van der Waals surface area contributed by atoms with Crippen LogP contribution in [0.5, 0.6) is 5.88 Å². The number of amides is 1. The number of methoxy groups -OCH3 is 1. The molecule has 5 heterocycles. The predicted octanol–water partition coefficient (Wildman–Crippen LogP) is 4.45. The van der Waals surface area contributed by atoms with E-state index in [9.17, 15) is 4.79 Å². The van der Waals surface area contributed by atoms with Crippen molar-refractivity contribution in [2.75, 3.05) is 36.4 Å². The molecule has 1 saturated heterocycles. The molecule has 6 rings (SSSR count). The molecule has 0 aliphatic carbocycles. The Morgan fingerprint density at radius 2 is 2.09 bits per heavy atom. The number of aromatic nitrogens is 3. The third kappa shape index (κ3) is 3.92. The number of benzene rings is 1. The van der Waals surface area contributed by atoms with Crippen molar-refractivity contribution in [1.82, 2.24) is 20.3 Å². The van der Waals surface area contributed by atoms with Crippen molar-refractivity contribution in [3.8, 4) is 16.3 Å². The molecule has 2 aliphatic heterocycles. The Bertz CT molecular complexity index is 1390. The molecule has 2 aliphatic rings. The predicted molar refractivity (Wildman–Crippen MR) is 136 cm³/mol. The summed E-state index contributed by atoms with van der Waals surface area (Å²) in [5.41, 5.74) is 3.30. The van der Waals surface area contributed by atoms with Gasteiger partial charge in [-0.1, -0.05) is 6.07 Å². The lowest BCUT2D eigenvalue weighted by molar-refractivity contribution is 0.0948. The molecule has 172 valence electrons. The van der Waals surface area contributed by atoms with Crippen LogP contribution in [0.2, 0.25) is 0 Å². The number of ether oxygens (including phenoxy) is 1. The molecule has 1 fully saturated rings. The van der Waals surface area contributed by atoms with E-state index >= 15 is 0 Å². The van der Waals surface area contributed by atoms with Gasteiger partial charge in [-0.05, 0) is 54.6 Å². The Hall–Kier alpha value is -3.37. The Morgan fingerprint density at radius 1 is 1.15 bits per heavy atom. The van der Waals surface area contributed by atoms with Crippen LogP contribution < -0.4 is 19.7 Å². The molecule has 34 heavy (non-hydrogen) atoms. The summed E-state index contributed by atoms with van der Waals surface area (Å²) < 4.78 is 9.89. The van der Waals surface area contributed by atoms with Crippen molar-refractivity contribution in [2.45, 2.75) is 11.3 Å². The number of fused-ring (bicyclic) bond motifs is 9. The maximum Gasteiger partial charge on any atom is 0.251 e. The van der Waals surface area contributed by atoms with Crippen LogP contribution in [0.1, 0.15) is 16.8 Å². The van der Waals surface area contributed by atoms with Gasteiger partial charge in [-0.25, -0.2) is 15.0 Å². The van der Waals surface area contributed by atoms with Crippen molar-refractivity contribution < 1.29 is 9.53 Å². The minimum absolute atomic E-state index is 0.0596. The minimum atomic E-state index is -0.0596. The summed E-state index contributed by atoms with van der Waals surface area (Å²) >= 11 is 3.09. The maximum absolute atomic E-state index is 12.8. The fourth-order valence-corrected chi connectivity index (χ4v) is 6.19. The van der Waals surface area contributed by atoms with E-state index in [2.05, 4.69) is 36.0 Å². The molecule has 8 nitrogen and oxygen atoms in total. The average Bonchev–Trinajstić information content (AvgIpc) is 3.53. The quantitative estimate of drug-likeness (QED) is 0.378. The van der Waals surface area contributed by atoms with Gasteiger partial charge in [0.15, 0.2) is 0 Å². The lowest BCUT2D eigenvalue weighted by Gasteiger charge is -2.18. The molecule has 2 N–H and O–H groups in total. The molecule has 1 atom stereocenters. The van der Waals surface area contributed by atoms with E-state index in [-0.39, 0.29) is 5.91 Å². The number of nitrogens with zero attached hydrogens (tertiary/aromatic N) is 4. The first-order valence-corrected chi connectivity index (χ1v) is 12.7. The SMILES string of the molecule is COc1ncc2cc1NSc1cccc(c1)C(=O)NC[C@H]1CCN(C1)c1ncnc3cc-2sc13. The number of pyridine rings is 1. The molecule has 4 aromatic rings. The highest BCUT2D eigenvalue weighted by molar-refractivity contribution is 8.00. The number of hydrogen-bond donors (Lipinski definition) is 2. The molecular weight excluding hydrogens is 468 g/mol. The summed E-state index contributed by atoms with van der Waals surface area (Å²) in [6.45, 7) is 2.40. The van der Waals surface area contributed by atoms with Gasteiger partial charge in [-0.15, -0.1) is 11.3 Å². The molecule has 1 aromatic carbocycles. The van der Waals surface area contributed by atoms with Gasteiger partial charge in [0.1, 0.15) is 17.8 Å². The highest BCUT2D eigenvalue weighted by atomic mass is 32.2. The van der Waals surface area contributed by atoms with Crippen molar-refractivity contribution in [1.29, 1.82) is 0 Å². The van der Waals surface area contributed by atoms with Crippen LogP contribution in [0.25, 0.3) is 20.7 Å². The van der Waals surface area contributed by atoms with Crippen molar-refractivity contribution in [3.05, 3.63) is 54.5 Å². The van der Waals surface area contributed by atoms with Gasteiger partial charge in [0.2, 0.25) is 5.88 Å². The third-order valence-electron chi connectivity index (χ3n) is 6.13. The monoisotopic (exact) mass is 490 g/mol. The smallest absolute Gasteiger partial charge is 0.251 e. The minimum Gasteiger partial charge on any atom is -0.480 e. The van der Waals surface area contributed by atoms with Crippen LogP contribution in [0, 0.1) is 5.92 Å². The largest absolute Gasteiger partial charge is 0.480 e. The lowest BCUT2D eigenvalue weighted by Crippen LogP contribution is -2.31. The van der Waals surface area contributed by atoms with E-state index < -0.39 is 0 Å². The normalized spacial score (nSPS) is 17.7. The number of nitrogens with one attached hydrogen (secondary N) is 2. The Kier molecular flexibility index (Phi) is 5.46. The Balaban J connectivity index is 1.45. The number of hydrogen-bond acceptors (Lipinski definition) is 9. The second kappa shape index (κ2) is 8.77. The fraction of sp³-hybridized carbons (Fsp3) is 0.250. The zero-order valence-corrected chi connectivity index (χ0v) is 20.1. The van der Waals surface area contributed by atoms with Gasteiger partial charge in [0.05, 0.1) is 17.3 Å². The summed E-state index contributed by atoms with van der Waals surface area (Å²) in [5.74, 6) is 1.78. The molecule has 0 spiro atoms. The first kappa shape index (κ1) is 21.2. The molecule has 0 radical (unpaired) electrons. The second-order valence-electron chi connectivity index (χ2n) is 8.35. The summed E-state index contributed by atoms with van der Waals surface area (Å²) in [6, 6.07) is 11.7. The van der Waals surface area contributed by atoms with Gasteiger partial charge in [0.25, 0.3) is 5.91 Å². The van der Waals surface area contributed by atoms with E-state index in [0.29, 0.717) is 23.9 Å². The topological polar surface area (TPSA) is 92.3 Å². The third-order valence-corrected chi connectivity index (χ3v) is 8.11. The second-order valence-corrected chi connectivity index (χ2v) is 10.3. The first-order valence-electron chi connectivity index (χ1n) is 11.0. The summed E-state index contributed by atoms with van der Waals surface area (Å²) in [4.78, 5) is 30.8. The lowest BCUT2D eigenvalue weighted by atomic mass is 10.1. The highest BCUT2D eigenvalue weighted by Crippen LogP contribution is 2.40. The Morgan fingerprint density at radius 3 is 3.00 bits per heavy atom. The zero-order valence-electron chi connectivity index (χ0n) is 18.4. The number of rotatable bonds is 1. The van der Waals surface area contributed by atoms with Crippen LogP contribution >= 0.6 is 23.3 Å². The van der Waals surface area contributed by atoms with Crippen LogP contribution in [-0.2, 0) is 0 Å². The van der Waals surface area contributed by atoms with Crippen LogP contribution in [-0.4, -0.2) is 47.6 Å². The van der Waals surface area contributed by atoms with Gasteiger partial charge in [-0.2, -0.15) is 0 Å². The number of carbonyl (C=O) groups is 1. The van der Waals surface area contributed by atoms with Gasteiger partial charge < -0.3 is 19.7 Å². The first-order chi connectivity index (χ1) is 16.7. The van der Waals surface area contributed by atoms with Gasteiger partial charge in [-0.3, -0.25) is 4.79 Å². The molecule has 0 unspecified atom stereocenters. The van der Waals surface area contributed by atoms with Crippen molar-refractivity contribution >= 4 is 50.9 Å². The van der Waals surface area contributed by atoms with Crippen LogP contribution in [0.4, 0.5) is 11.5 Å². The molecule has 3 aromatic heterocycles. The number of carbonyl (C=O) groups excluding carboxylic acids is 1. The number of anilines is 2. The van der Waals surface area contributed by atoms with Crippen LogP contribution in [0.15, 0.2) is 53.8 Å². The molecule has 10 heteroatoms. The average molecular weight is 491 g/mol. The van der Waals surface area contributed by atoms with E-state index in [1.807, 2.05) is 36.5 Å². The zero-order chi connectivity index (χ0) is 23.1. The molecule has 8 bridgehead atoms. The van der Waals surface area contributed by atoms with Gasteiger partial charge >= 0.3 is 0 Å². The Labute approximate surface area is 204 Å². The maximum atomic E-state index is 12.8. The number of thiophene rings is 1. The highest BCUT2D eigenvalue weighted by Gasteiger charge is 2.26. The van der Waals surface area contributed by atoms with Gasteiger partial charge in [0, 0.05) is 46.7 Å². The molecule has 0 saturated carbocycles. The summed E-state index contributed by atoms with van der Waals surface area (Å²) in [7, 11) is 1.60. The molecule has 1 amide bonds.